The van der Waals surface area contributed by atoms with E-state index in [2.05, 4.69) is 9.97 Å². The lowest BCUT2D eigenvalue weighted by Crippen LogP contribution is -2.36. The van der Waals surface area contributed by atoms with Crippen molar-refractivity contribution in [3.05, 3.63) is 17.6 Å². The molecule has 0 bridgehead atoms. The van der Waals surface area contributed by atoms with Crippen molar-refractivity contribution in [1.82, 2.24) is 9.97 Å². The molecule has 0 radical (unpaired) electrons. The number of carboxylic acids is 1. The minimum absolute atomic E-state index is 0.598. The van der Waals surface area contributed by atoms with Crippen LogP contribution in [0.2, 0.25) is 0 Å². The van der Waals surface area contributed by atoms with Crippen LogP contribution in [0, 0.1) is 6.92 Å². The first-order valence-electron chi connectivity index (χ1n) is 5.26. The van der Waals surface area contributed by atoms with E-state index in [0.717, 1.165) is 17.9 Å². The summed E-state index contributed by atoms with van der Waals surface area (Å²) >= 11 is 0. The van der Waals surface area contributed by atoms with E-state index < -0.39 is 12.0 Å². The Balaban J connectivity index is 3.03. The highest BCUT2D eigenvalue weighted by atomic mass is 16.4. The SMILES string of the molecule is CCc1nc(C)cc(N(C)C(C)C(=O)O)n1. The fourth-order valence-electron chi connectivity index (χ4n) is 1.32. The predicted molar refractivity (Wildman–Crippen MR) is 61.6 cm³/mol. The van der Waals surface area contributed by atoms with E-state index >= 15 is 0 Å². The van der Waals surface area contributed by atoms with Gasteiger partial charge in [0.2, 0.25) is 0 Å². The number of rotatable bonds is 4. The Morgan fingerprint density at radius 3 is 2.69 bits per heavy atom. The number of aliphatic carboxylic acids is 1. The van der Waals surface area contributed by atoms with Crippen LogP contribution in [0.1, 0.15) is 25.4 Å². The van der Waals surface area contributed by atoms with E-state index in [4.69, 9.17) is 5.11 Å². The Morgan fingerprint density at radius 2 is 2.19 bits per heavy atom. The monoisotopic (exact) mass is 223 g/mol. The zero-order valence-electron chi connectivity index (χ0n) is 10.1. The molecular weight excluding hydrogens is 206 g/mol. The molecule has 0 aliphatic heterocycles. The molecule has 0 spiro atoms. The molecule has 88 valence electrons. The number of hydrogen-bond donors (Lipinski definition) is 1. The molecule has 1 atom stereocenters. The average molecular weight is 223 g/mol. The van der Waals surface area contributed by atoms with Crippen LogP contribution in [0.25, 0.3) is 0 Å². The molecule has 1 unspecified atom stereocenters. The molecule has 1 rings (SSSR count). The summed E-state index contributed by atoms with van der Waals surface area (Å²) in [5.41, 5.74) is 0.853. The molecule has 1 aromatic heterocycles. The summed E-state index contributed by atoms with van der Waals surface area (Å²) < 4.78 is 0. The first kappa shape index (κ1) is 12.4. The van der Waals surface area contributed by atoms with E-state index in [1.54, 1.807) is 24.9 Å². The third-order valence-electron chi connectivity index (χ3n) is 2.50. The fourth-order valence-corrected chi connectivity index (χ4v) is 1.32. The molecular formula is C11H17N3O2. The van der Waals surface area contributed by atoms with Crippen molar-refractivity contribution in [3.8, 4) is 0 Å². The highest BCUT2D eigenvalue weighted by molar-refractivity contribution is 5.76. The summed E-state index contributed by atoms with van der Waals surface area (Å²) in [4.78, 5) is 21.1. The van der Waals surface area contributed by atoms with Gasteiger partial charge in [0.25, 0.3) is 0 Å². The third-order valence-corrected chi connectivity index (χ3v) is 2.50. The molecule has 16 heavy (non-hydrogen) atoms. The van der Waals surface area contributed by atoms with Crippen molar-refractivity contribution >= 4 is 11.8 Å². The van der Waals surface area contributed by atoms with Crippen molar-refractivity contribution in [2.24, 2.45) is 0 Å². The summed E-state index contributed by atoms with van der Waals surface area (Å²) in [6.07, 6.45) is 0.740. The van der Waals surface area contributed by atoms with Gasteiger partial charge >= 0.3 is 5.97 Å². The van der Waals surface area contributed by atoms with E-state index in [-0.39, 0.29) is 0 Å². The number of aryl methyl sites for hydroxylation is 2. The smallest absolute Gasteiger partial charge is 0.326 e. The second kappa shape index (κ2) is 4.92. The van der Waals surface area contributed by atoms with Gasteiger partial charge in [-0.2, -0.15) is 0 Å². The largest absolute Gasteiger partial charge is 0.480 e. The van der Waals surface area contributed by atoms with Crippen LogP contribution < -0.4 is 4.90 Å². The quantitative estimate of drug-likeness (QED) is 0.832. The Kier molecular flexibility index (Phi) is 3.82. The number of likely N-dealkylation sites (N-methyl/N-ethyl adjacent to an activating group) is 1. The first-order valence-corrected chi connectivity index (χ1v) is 5.26. The lowest BCUT2D eigenvalue weighted by atomic mass is 10.3. The Bertz CT molecular complexity index is 393. The maximum atomic E-state index is 10.9. The van der Waals surface area contributed by atoms with Crippen LogP contribution >= 0.6 is 0 Å². The average Bonchev–Trinajstić information content (AvgIpc) is 2.25. The van der Waals surface area contributed by atoms with Gasteiger partial charge in [-0.25, -0.2) is 14.8 Å². The van der Waals surface area contributed by atoms with Crippen molar-refractivity contribution < 1.29 is 9.90 Å². The van der Waals surface area contributed by atoms with Gasteiger partial charge in [0, 0.05) is 25.2 Å². The van der Waals surface area contributed by atoms with Crippen LogP contribution in [0.3, 0.4) is 0 Å². The molecule has 5 nitrogen and oxygen atoms in total. The van der Waals surface area contributed by atoms with Gasteiger partial charge in [0.15, 0.2) is 0 Å². The van der Waals surface area contributed by atoms with Crippen molar-refractivity contribution in [2.75, 3.05) is 11.9 Å². The van der Waals surface area contributed by atoms with Crippen molar-refractivity contribution in [1.29, 1.82) is 0 Å². The maximum absolute atomic E-state index is 10.9. The molecule has 0 fully saturated rings. The highest BCUT2D eigenvalue weighted by Gasteiger charge is 2.18. The van der Waals surface area contributed by atoms with Crippen molar-refractivity contribution in [3.63, 3.8) is 0 Å². The van der Waals surface area contributed by atoms with Crippen LogP contribution in [0.5, 0.6) is 0 Å². The first-order chi connectivity index (χ1) is 7.45. The van der Waals surface area contributed by atoms with Gasteiger partial charge in [-0.1, -0.05) is 6.92 Å². The third kappa shape index (κ3) is 2.68. The van der Waals surface area contributed by atoms with Crippen LogP contribution in [-0.4, -0.2) is 34.1 Å². The number of nitrogens with zero attached hydrogens (tertiary/aromatic N) is 3. The number of anilines is 1. The van der Waals surface area contributed by atoms with Gasteiger partial charge in [-0.05, 0) is 13.8 Å². The number of aromatic nitrogens is 2. The van der Waals surface area contributed by atoms with Gasteiger partial charge in [-0.3, -0.25) is 0 Å². The number of hydrogen-bond acceptors (Lipinski definition) is 4. The topological polar surface area (TPSA) is 66.3 Å². The molecule has 5 heteroatoms. The molecule has 0 aliphatic carbocycles. The Morgan fingerprint density at radius 1 is 1.56 bits per heavy atom. The summed E-state index contributed by atoms with van der Waals surface area (Å²) in [5.74, 6) is 0.524. The van der Waals surface area contributed by atoms with Gasteiger partial charge < -0.3 is 10.0 Å². The summed E-state index contributed by atoms with van der Waals surface area (Å²) in [6, 6.07) is 1.19. The van der Waals surface area contributed by atoms with Gasteiger partial charge in [0.1, 0.15) is 17.7 Å². The van der Waals surface area contributed by atoms with E-state index in [0.29, 0.717) is 5.82 Å². The fraction of sp³-hybridized carbons (Fsp3) is 0.545. The highest BCUT2D eigenvalue weighted by Crippen LogP contribution is 2.14. The predicted octanol–water partition coefficient (Wildman–Crippen LogP) is 1.26. The van der Waals surface area contributed by atoms with E-state index in [1.165, 1.54) is 0 Å². The minimum atomic E-state index is -0.864. The van der Waals surface area contributed by atoms with Gasteiger partial charge in [0.05, 0.1) is 0 Å². The molecule has 0 saturated carbocycles. The summed E-state index contributed by atoms with van der Waals surface area (Å²) in [7, 11) is 1.72. The molecule has 0 aromatic carbocycles. The summed E-state index contributed by atoms with van der Waals surface area (Å²) in [6.45, 7) is 5.48. The Labute approximate surface area is 95.1 Å². The number of carboxylic acid groups (broad SMARTS) is 1. The van der Waals surface area contributed by atoms with E-state index in [1.807, 2.05) is 13.8 Å². The zero-order valence-corrected chi connectivity index (χ0v) is 10.1. The normalized spacial score (nSPS) is 12.2. The van der Waals surface area contributed by atoms with Crippen LogP contribution in [0.15, 0.2) is 6.07 Å². The molecule has 1 N–H and O–H groups in total. The Hall–Kier alpha value is -1.65. The zero-order chi connectivity index (χ0) is 12.3. The second-order valence-electron chi connectivity index (χ2n) is 3.76. The molecule has 0 aliphatic rings. The second-order valence-corrected chi connectivity index (χ2v) is 3.76. The maximum Gasteiger partial charge on any atom is 0.326 e. The minimum Gasteiger partial charge on any atom is -0.480 e. The standard InChI is InChI=1S/C11H17N3O2/c1-5-9-12-7(2)6-10(13-9)14(4)8(3)11(15)16/h6,8H,5H2,1-4H3,(H,15,16). The van der Waals surface area contributed by atoms with Gasteiger partial charge in [-0.15, -0.1) is 0 Å². The molecule has 0 amide bonds. The summed E-state index contributed by atoms with van der Waals surface area (Å²) in [5, 5.41) is 8.92. The number of carbonyl (C=O) groups is 1. The molecule has 1 aromatic rings. The lowest BCUT2D eigenvalue weighted by molar-refractivity contribution is -0.138. The van der Waals surface area contributed by atoms with Crippen molar-refractivity contribution in [2.45, 2.75) is 33.2 Å². The van der Waals surface area contributed by atoms with Crippen LogP contribution in [0.4, 0.5) is 5.82 Å². The van der Waals surface area contributed by atoms with Crippen LogP contribution in [-0.2, 0) is 11.2 Å². The lowest BCUT2D eigenvalue weighted by Gasteiger charge is -2.23. The molecule has 0 saturated heterocycles. The molecule has 1 heterocycles. The van der Waals surface area contributed by atoms with E-state index in [9.17, 15) is 4.79 Å².